The maximum absolute atomic E-state index is 14.3. The van der Waals surface area contributed by atoms with Crippen LogP contribution in [0.2, 0.25) is 0 Å². The van der Waals surface area contributed by atoms with Gasteiger partial charge in [0, 0.05) is 9.75 Å². The second-order valence-corrected chi connectivity index (χ2v) is 6.18. The van der Waals surface area contributed by atoms with Gasteiger partial charge in [-0.15, -0.1) is 11.3 Å². The number of halogens is 1. The summed E-state index contributed by atoms with van der Waals surface area (Å²) in [6.07, 6.45) is 0. The maximum Gasteiger partial charge on any atom is 0.132 e. The summed E-state index contributed by atoms with van der Waals surface area (Å²) >= 11 is 1.73. The van der Waals surface area contributed by atoms with Crippen LogP contribution >= 0.6 is 11.3 Å². The highest BCUT2D eigenvalue weighted by Crippen LogP contribution is 2.36. The third-order valence-corrected chi connectivity index (χ3v) is 4.30. The molecule has 0 saturated carbocycles. The molecule has 0 spiro atoms. The zero-order valence-electron chi connectivity index (χ0n) is 12.3. The summed E-state index contributed by atoms with van der Waals surface area (Å²) in [7, 11) is 1.58. The molecule has 0 aliphatic rings. The van der Waals surface area contributed by atoms with Gasteiger partial charge in [0.05, 0.1) is 18.7 Å². The van der Waals surface area contributed by atoms with Crippen LogP contribution in [0.3, 0.4) is 0 Å². The first-order chi connectivity index (χ1) is 9.58. The second kappa shape index (κ2) is 6.37. The van der Waals surface area contributed by atoms with Crippen LogP contribution < -0.4 is 10.1 Å². The van der Waals surface area contributed by atoms with Crippen molar-refractivity contribution in [2.75, 3.05) is 13.7 Å². The van der Waals surface area contributed by atoms with Crippen molar-refractivity contribution in [3.8, 4) is 5.75 Å². The molecule has 1 N–H and O–H groups in total. The Labute approximate surface area is 123 Å². The smallest absolute Gasteiger partial charge is 0.132 e. The molecule has 1 atom stereocenters. The van der Waals surface area contributed by atoms with Crippen molar-refractivity contribution in [2.45, 2.75) is 26.8 Å². The number of nitrogens with one attached hydrogen (secondary N) is 1. The van der Waals surface area contributed by atoms with E-state index in [-0.39, 0.29) is 11.9 Å². The number of hydrogen-bond acceptors (Lipinski definition) is 3. The largest absolute Gasteiger partial charge is 0.496 e. The van der Waals surface area contributed by atoms with Gasteiger partial charge in [-0.3, -0.25) is 0 Å². The predicted octanol–water partition coefficient (Wildman–Crippen LogP) is 4.21. The Morgan fingerprint density at radius 2 is 2.10 bits per heavy atom. The minimum Gasteiger partial charge on any atom is -0.496 e. The molecule has 0 aliphatic heterocycles. The van der Waals surface area contributed by atoms with E-state index < -0.39 is 0 Å². The normalized spacial score (nSPS) is 12.4. The Kier molecular flexibility index (Phi) is 4.78. The Bertz CT molecular complexity index is 594. The molecule has 0 fully saturated rings. The van der Waals surface area contributed by atoms with Gasteiger partial charge in [0.25, 0.3) is 0 Å². The van der Waals surface area contributed by atoms with Crippen molar-refractivity contribution in [3.05, 3.63) is 51.0 Å². The number of aryl methyl sites for hydroxylation is 2. The number of thiophene rings is 1. The molecule has 0 radical (unpaired) electrons. The van der Waals surface area contributed by atoms with E-state index in [2.05, 4.69) is 25.2 Å². The van der Waals surface area contributed by atoms with Crippen molar-refractivity contribution in [1.29, 1.82) is 0 Å². The van der Waals surface area contributed by atoms with Crippen LogP contribution in [0, 0.1) is 19.7 Å². The van der Waals surface area contributed by atoms with Crippen LogP contribution in [0.15, 0.2) is 24.3 Å². The Balaban J connectivity index is 2.57. The monoisotopic (exact) mass is 293 g/mol. The van der Waals surface area contributed by atoms with Gasteiger partial charge in [0.2, 0.25) is 0 Å². The zero-order chi connectivity index (χ0) is 14.7. The molecule has 2 rings (SSSR count). The lowest BCUT2D eigenvalue weighted by Crippen LogP contribution is -2.23. The molecule has 2 nitrogen and oxygen atoms in total. The summed E-state index contributed by atoms with van der Waals surface area (Å²) in [5, 5.41) is 3.37. The van der Waals surface area contributed by atoms with Crippen LogP contribution in [0.1, 0.15) is 33.8 Å². The van der Waals surface area contributed by atoms with Crippen molar-refractivity contribution in [1.82, 2.24) is 5.32 Å². The summed E-state index contributed by atoms with van der Waals surface area (Å²) in [5.41, 5.74) is 1.70. The first kappa shape index (κ1) is 15.0. The Morgan fingerprint density at radius 1 is 1.35 bits per heavy atom. The summed E-state index contributed by atoms with van der Waals surface area (Å²) in [5.74, 6) is 0.345. The van der Waals surface area contributed by atoms with Gasteiger partial charge in [-0.2, -0.15) is 0 Å². The zero-order valence-corrected chi connectivity index (χ0v) is 13.1. The van der Waals surface area contributed by atoms with E-state index in [1.165, 1.54) is 15.8 Å². The molecule has 0 aliphatic carbocycles. The third-order valence-electron chi connectivity index (χ3n) is 3.32. The van der Waals surface area contributed by atoms with E-state index in [4.69, 9.17) is 4.74 Å². The molecule has 108 valence electrons. The summed E-state index contributed by atoms with van der Waals surface area (Å²) in [6, 6.07) is 6.90. The fourth-order valence-corrected chi connectivity index (χ4v) is 3.45. The highest BCUT2D eigenvalue weighted by atomic mass is 32.1. The highest BCUT2D eigenvalue weighted by molar-refractivity contribution is 7.12. The van der Waals surface area contributed by atoms with E-state index >= 15 is 0 Å². The van der Waals surface area contributed by atoms with E-state index in [1.54, 1.807) is 30.6 Å². The van der Waals surface area contributed by atoms with Crippen LogP contribution in [0.25, 0.3) is 0 Å². The molecule has 1 heterocycles. The third kappa shape index (κ3) is 2.86. The average molecular weight is 293 g/mol. The van der Waals surface area contributed by atoms with Gasteiger partial charge in [-0.05, 0) is 44.2 Å². The van der Waals surface area contributed by atoms with Crippen LogP contribution in [-0.4, -0.2) is 13.7 Å². The van der Waals surface area contributed by atoms with Crippen LogP contribution in [0.4, 0.5) is 4.39 Å². The number of hydrogen-bond donors (Lipinski definition) is 1. The van der Waals surface area contributed by atoms with Crippen molar-refractivity contribution in [3.63, 3.8) is 0 Å². The summed E-state index contributed by atoms with van der Waals surface area (Å²) in [6.45, 7) is 6.93. The van der Waals surface area contributed by atoms with Gasteiger partial charge in [-0.1, -0.05) is 13.0 Å². The molecular weight excluding hydrogens is 273 g/mol. The minimum absolute atomic E-state index is 0.180. The van der Waals surface area contributed by atoms with Crippen molar-refractivity contribution in [2.24, 2.45) is 0 Å². The first-order valence-corrected chi connectivity index (χ1v) is 7.52. The number of ether oxygens (including phenoxy) is 1. The standard InChI is InChI=1S/C16H20FNOS/c1-5-18-16(12-9-10(2)20-11(12)3)15-13(17)7-6-8-14(15)19-4/h6-9,16,18H,5H2,1-4H3. The second-order valence-electron chi connectivity index (χ2n) is 4.72. The number of methoxy groups -OCH3 is 1. The maximum atomic E-state index is 14.3. The molecule has 1 aromatic heterocycles. The number of benzene rings is 1. The van der Waals surface area contributed by atoms with Gasteiger partial charge in [0.15, 0.2) is 0 Å². The fraction of sp³-hybridized carbons (Fsp3) is 0.375. The molecule has 20 heavy (non-hydrogen) atoms. The van der Waals surface area contributed by atoms with E-state index in [0.717, 1.165) is 12.1 Å². The highest BCUT2D eigenvalue weighted by Gasteiger charge is 2.23. The van der Waals surface area contributed by atoms with Crippen molar-refractivity contribution >= 4 is 11.3 Å². The fourth-order valence-electron chi connectivity index (χ4n) is 2.48. The van der Waals surface area contributed by atoms with Gasteiger partial charge in [-0.25, -0.2) is 4.39 Å². The first-order valence-electron chi connectivity index (χ1n) is 6.71. The van der Waals surface area contributed by atoms with Crippen molar-refractivity contribution < 1.29 is 9.13 Å². The van der Waals surface area contributed by atoms with Gasteiger partial charge in [0.1, 0.15) is 11.6 Å². The molecule has 0 bridgehead atoms. The molecule has 0 saturated heterocycles. The predicted molar refractivity (Wildman–Crippen MR) is 82.3 cm³/mol. The lowest BCUT2D eigenvalue weighted by Gasteiger charge is -2.21. The molecule has 4 heteroatoms. The quantitative estimate of drug-likeness (QED) is 0.891. The van der Waals surface area contributed by atoms with E-state index in [0.29, 0.717) is 11.3 Å². The van der Waals surface area contributed by atoms with E-state index in [1.807, 2.05) is 6.92 Å². The SMILES string of the molecule is CCNC(c1cc(C)sc1C)c1c(F)cccc1OC. The van der Waals surface area contributed by atoms with Crippen LogP contribution in [-0.2, 0) is 0 Å². The van der Waals surface area contributed by atoms with E-state index in [9.17, 15) is 4.39 Å². The summed E-state index contributed by atoms with van der Waals surface area (Å²) in [4.78, 5) is 2.44. The average Bonchev–Trinajstić information content (AvgIpc) is 2.75. The van der Waals surface area contributed by atoms with Crippen LogP contribution in [0.5, 0.6) is 5.75 Å². The number of rotatable bonds is 5. The minimum atomic E-state index is -0.237. The molecule has 1 unspecified atom stereocenters. The Hall–Kier alpha value is -1.39. The lowest BCUT2D eigenvalue weighted by atomic mass is 9.97. The lowest BCUT2D eigenvalue weighted by molar-refractivity contribution is 0.397. The summed E-state index contributed by atoms with van der Waals surface area (Å²) < 4.78 is 19.7. The molecular formula is C16H20FNOS. The molecule has 1 aromatic carbocycles. The van der Waals surface area contributed by atoms with Gasteiger partial charge < -0.3 is 10.1 Å². The molecule has 0 amide bonds. The Morgan fingerprint density at radius 3 is 2.65 bits per heavy atom. The molecule has 2 aromatic rings. The topological polar surface area (TPSA) is 21.3 Å². The van der Waals surface area contributed by atoms with Gasteiger partial charge >= 0.3 is 0 Å².